The third kappa shape index (κ3) is 2.88. The zero-order chi connectivity index (χ0) is 18.5. The van der Waals surface area contributed by atoms with E-state index in [-0.39, 0.29) is 11.9 Å². The smallest absolute Gasteiger partial charge is 0.365 e. The molecule has 1 amide bonds. The van der Waals surface area contributed by atoms with E-state index in [1.165, 1.54) is 6.08 Å². The molecule has 2 aliphatic heterocycles. The molecule has 0 radical (unpaired) electrons. The molecule has 3 atom stereocenters. The highest BCUT2D eigenvalue weighted by Gasteiger charge is 2.48. The molecule has 26 heavy (non-hydrogen) atoms. The van der Waals surface area contributed by atoms with Gasteiger partial charge in [0.05, 0.1) is 5.56 Å². The van der Waals surface area contributed by atoms with E-state index in [4.69, 9.17) is 0 Å². The first-order valence-corrected chi connectivity index (χ1v) is 8.99. The topological polar surface area (TPSA) is 26.8 Å². The fourth-order valence-electron chi connectivity index (χ4n) is 4.51. The highest BCUT2D eigenvalue weighted by atomic mass is 19.4. The number of hydrogen-bond donors (Lipinski definition) is 0. The third-order valence-electron chi connectivity index (χ3n) is 5.98. The Labute approximate surface area is 150 Å². The Hall–Kier alpha value is -2.02. The van der Waals surface area contributed by atoms with Crippen LogP contribution in [0.25, 0.3) is 0 Å². The molecule has 1 aliphatic carbocycles. The van der Waals surface area contributed by atoms with E-state index < -0.39 is 11.7 Å². The maximum absolute atomic E-state index is 12.8. The number of hydrogen-bond acceptors (Lipinski definition) is 3. The number of rotatable bonds is 2. The van der Waals surface area contributed by atoms with Gasteiger partial charge in [0, 0.05) is 50.0 Å². The predicted octanol–water partition coefficient (Wildman–Crippen LogP) is 2.76. The Morgan fingerprint density at radius 3 is 2.35 bits per heavy atom. The summed E-state index contributed by atoms with van der Waals surface area (Å²) in [4.78, 5) is 18.5. The first-order valence-electron chi connectivity index (χ1n) is 8.99. The van der Waals surface area contributed by atoms with Crippen LogP contribution in [0.3, 0.4) is 0 Å². The van der Waals surface area contributed by atoms with Crippen molar-refractivity contribution in [1.82, 2.24) is 9.80 Å². The molecule has 7 heteroatoms. The molecule has 4 rings (SSSR count). The highest BCUT2D eigenvalue weighted by Crippen LogP contribution is 2.40. The van der Waals surface area contributed by atoms with Crippen LogP contribution < -0.4 is 4.90 Å². The lowest BCUT2D eigenvalue weighted by Crippen LogP contribution is -2.73. The van der Waals surface area contributed by atoms with Crippen LogP contribution in [0.5, 0.6) is 0 Å². The van der Waals surface area contributed by atoms with Gasteiger partial charge in [-0.05, 0) is 43.2 Å². The second-order valence-corrected chi connectivity index (χ2v) is 7.29. The molecule has 1 aromatic carbocycles. The van der Waals surface area contributed by atoms with Crippen LogP contribution in [0.2, 0.25) is 0 Å². The lowest BCUT2D eigenvalue weighted by molar-refractivity contribution is -0.137. The minimum atomic E-state index is -4.31. The van der Waals surface area contributed by atoms with Crippen molar-refractivity contribution in [2.24, 2.45) is 0 Å². The van der Waals surface area contributed by atoms with Gasteiger partial charge in [-0.3, -0.25) is 9.69 Å². The quantitative estimate of drug-likeness (QED) is 0.754. The summed E-state index contributed by atoms with van der Waals surface area (Å²) < 4.78 is 38.5. The van der Waals surface area contributed by atoms with Crippen molar-refractivity contribution in [2.45, 2.75) is 37.1 Å². The fourth-order valence-corrected chi connectivity index (χ4v) is 4.51. The Balaban J connectivity index is 1.54. The van der Waals surface area contributed by atoms with Crippen LogP contribution >= 0.6 is 0 Å². The van der Waals surface area contributed by atoms with Crippen molar-refractivity contribution >= 4 is 11.6 Å². The lowest BCUT2D eigenvalue weighted by Gasteiger charge is -2.60. The SMILES string of the molecule is C=CC(=O)N1CCN2C(C1)CN(c1ccc(C(F)(F)F)cc1)C1CCC12. The van der Waals surface area contributed by atoms with Crippen LogP contribution in [-0.2, 0) is 11.0 Å². The van der Waals surface area contributed by atoms with Crippen LogP contribution in [0, 0.1) is 0 Å². The molecule has 140 valence electrons. The predicted molar refractivity (Wildman–Crippen MR) is 92.9 cm³/mol. The molecule has 0 aromatic heterocycles. The summed E-state index contributed by atoms with van der Waals surface area (Å²) in [5, 5.41) is 0. The van der Waals surface area contributed by atoms with Crippen molar-refractivity contribution in [2.75, 3.05) is 31.1 Å². The standard InChI is InChI=1S/C19H22F3N3O/c1-2-18(26)23-9-10-24-15(11-23)12-25(17-8-7-16(17)24)14-5-3-13(4-6-14)19(20,21)22/h2-6,15-17H,1,7-12H2. The van der Waals surface area contributed by atoms with E-state index in [9.17, 15) is 18.0 Å². The Morgan fingerprint density at radius 1 is 1.08 bits per heavy atom. The molecule has 3 aliphatic rings. The molecular weight excluding hydrogens is 343 g/mol. The third-order valence-corrected chi connectivity index (χ3v) is 5.98. The van der Waals surface area contributed by atoms with Gasteiger partial charge in [0.1, 0.15) is 0 Å². The van der Waals surface area contributed by atoms with Gasteiger partial charge >= 0.3 is 6.18 Å². The molecule has 0 spiro atoms. The van der Waals surface area contributed by atoms with E-state index in [2.05, 4.69) is 16.4 Å². The van der Waals surface area contributed by atoms with Gasteiger partial charge < -0.3 is 9.80 Å². The van der Waals surface area contributed by atoms with Crippen LogP contribution in [0.15, 0.2) is 36.9 Å². The van der Waals surface area contributed by atoms with E-state index in [0.29, 0.717) is 25.2 Å². The van der Waals surface area contributed by atoms with Gasteiger partial charge in [-0.2, -0.15) is 13.2 Å². The van der Waals surface area contributed by atoms with Crippen molar-refractivity contribution in [3.63, 3.8) is 0 Å². The van der Waals surface area contributed by atoms with Gasteiger partial charge in [0.15, 0.2) is 0 Å². The normalized spacial score (nSPS) is 28.8. The Bertz CT molecular complexity index is 703. The van der Waals surface area contributed by atoms with Crippen LogP contribution in [0.4, 0.5) is 18.9 Å². The molecule has 1 saturated carbocycles. The highest BCUT2D eigenvalue weighted by molar-refractivity contribution is 5.87. The zero-order valence-corrected chi connectivity index (χ0v) is 14.5. The summed E-state index contributed by atoms with van der Waals surface area (Å²) in [5.74, 6) is -0.0542. The summed E-state index contributed by atoms with van der Waals surface area (Å²) in [6.07, 6.45) is -0.804. The van der Waals surface area contributed by atoms with Crippen molar-refractivity contribution < 1.29 is 18.0 Å². The minimum absolute atomic E-state index is 0.0542. The van der Waals surface area contributed by atoms with Gasteiger partial charge in [-0.1, -0.05) is 6.58 Å². The molecule has 2 saturated heterocycles. The summed E-state index contributed by atoms with van der Waals surface area (Å²) in [7, 11) is 0. The van der Waals surface area contributed by atoms with Gasteiger partial charge in [-0.15, -0.1) is 0 Å². The summed E-state index contributed by atoms with van der Waals surface area (Å²) >= 11 is 0. The van der Waals surface area contributed by atoms with E-state index in [1.807, 2.05) is 4.90 Å². The molecule has 2 heterocycles. The number of fused-ring (bicyclic) bond motifs is 3. The Morgan fingerprint density at radius 2 is 1.77 bits per heavy atom. The number of alkyl halides is 3. The average Bonchev–Trinajstić information content (AvgIpc) is 2.59. The van der Waals surface area contributed by atoms with Crippen molar-refractivity contribution in [3.8, 4) is 0 Å². The van der Waals surface area contributed by atoms with Crippen LogP contribution in [-0.4, -0.2) is 60.0 Å². The molecule has 3 unspecified atom stereocenters. The molecule has 3 fully saturated rings. The number of carbonyl (C=O) groups is 1. The van der Waals surface area contributed by atoms with E-state index in [1.54, 1.807) is 12.1 Å². The second kappa shape index (κ2) is 6.30. The van der Waals surface area contributed by atoms with Crippen molar-refractivity contribution in [3.05, 3.63) is 42.5 Å². The summed E-state index contributed by atoms with van der Waals surface area (Å²) in [6.45, 7) is 6.50. The number of carbonyl (C=O) groups excluding carboxylic acids is 1. The monoisotopic (exact) mass is 365 g/mol. The average molecular weight is 365 g/mol. The maximum atomic E-state index is 12.8. The minimum Gasteiger partial charge on any atom is -0.365 e. The van der Waals surface area contributed by atoms with Gasteiger partial charge in [-0.25, -0.2) is 0 Å². The van der Waals surface area contributed by atoms with Gasteiger partial charge in [0.25, 0.3) is 0 Å². The Kier molecular flexibility index (Phi) is 4.22. The number of piperazine rings is 2. The number of anilines is 1. The summed E-state index contributed by atoms with van der Waals surface area (Å²) in [5.41, 5.74) is 0.213. The number of nitrogens with zero attached hydrogens (tertiary/aromatic N) is 3. The largest absolute Gasteiger partial charge is 0.416 e. The van der Waals surface area contributed by atoms with E-state index in [0.717, 1.165) is 43.8 Å². The second-order valence-electron chi connectivity index (χ2n) is 7.29. The first kappa shape index (κ1) is 17.4. The molecule has 0 bridgehead atoms. The molecule has 0 N–H and O–H groups in total. The van der Waals surface area contributed by atoms with Gasteiger partial charge in [0.2, 0.25) is 5.91 Å². The van der Waals surface area contributed by atoms with E-state index >= 15 is 0 Å². The molecular formula is C19H22F3N3O. The fraction of sp³-hybridized carbons (Fsp3) is 0.526. The molecule has 1 aromatic rings. The number of amides is 1. The maximum Gasteiger partial charge on any atom is 0.416 e. The first-order chi connectivity index (χ1) is 12.4. The van der Waals surface area contributed by atoms with Crippen LogP contribution in [0.1, 0.15) is 18.4 Å². The number of halogens is 3. The molecule has 4 nitrogen and oxygen atoms in total. The number of benzene rings is 1. The van der Waals surface area contributed by atoms with Crippen molar-refractivity contribution in [1.29, 1.82) is 0 Å². The zero-order valence-electron chi connectivity index (χ0n) is 14.5. The summed E-state index contributed by atoms with van der Waals surface area (Å²) in [6, 6.07) is 6.44. The lowest BCUT2D eigenvalue weighted by atomic mass is 9.79.